The Balaban J connectivity index is 4.38. The standard InChI is InChI=1S/C51H84O6/c1-4-7-10-13-16-19-21-22-23-24-25-26-27-28-30-32-35-38-41-44-50(53)56-47-48(46-55-49(52)43-40-37-34-31-18-15-12-9-6-3)57-51(54)45-42-39-36-33-29-20-17-14-11-8-5-2/h9,12,14,16-22,29,31,37,40,48H,4-8,10-11,13,15,23-28,30,32-36,38-39,41-47H2,1-3H3/b12-9-,17-14-,19-16-,22-21-,29-20-,31-18-,40-37-. The summed E-state index contributed by atoms with van der Waals surface area (Å²) in [4.78, 5) is 37.6. The highest BCUT2D eigenvalue weighted by atomic mass is 16.6. The molecule has 0 spiro atoms. The molecule has 0 bridgehead atoms. The van der Waals surface area contributed by atoms with Crippen molar-refractivity contribution in [3.8, 4) is 0 Å². The lowest BCUT2D eigenvalue weighted by Crippen LogP contribution is -2.30. The smallest absolute Gasteiger partial charge is 0.309 e. The second kappa shape index (κ2) is 45.3. The van der Waals surface area contributed by atoms with Crippen LogP contribution in [0.15, 0.2) is 85.1 Å². The lowest BCUT2D eigenvalue weighted by atomic mass is 10.1. The van der Waals surface area contributed by atoms with Crippen LogP contribution in [0.5, 0.6) is 0 Å². The molecule has 6 nitrogen and oxygen atoms in total. The zero-order valence-corrected chi connectivity index (χ0v) is 36.8. The van der Waals surface area contributed by atoms with Gasteiger partial charge in [-0.2, -0.15) is 0 Å². The Labute approximate surface area is 350 Å². The van der Waals surface area contributed by atoms with Crippen molar-refractivity contribution in [2.24, 2.45) is 0 Å². The number of allylic oxidation sites excluding steroid dienone is 13. The maximum Gasteiger partial charge on any atom is 0.309 e. The van der Waals surface area contributed by atoms with Gasteiger partial charge < -0.3 is 14.2 Å². The van der Waals surface area contributed by atoms with E-state index in [0.29, 0.717) is 6.42 Å². The number of ether oxygens (including phenoxy) is 3. The van der Waals surface area contributed by atoms with Gasteiger partial charge in [0, 0.05) is 12.8 Å². The molecule has 324 valence electrons. The van der Waals surface area contributed by atoms with Gasteiger partial charge in [0.05, 0.1) is 6.42 Å². The number of carbonyl (C=O) groups is 3. The molecule has 57 heavy (non-hydrogen) atoms. The number of carbonyl (C=O) groups excluding carboxylic acids is 3. The number of unbranched alkanes of at least 4 members (excludes halogenated alkanes) is 18. The van der Waals surface area contributed by atoms with Crippen LogP contribution in [0.25, 0.3) is 0 Å². The molecule has 0 rings (SSSR count). The molecule has 0 amide bonds. The van der Waals surface area contributed by atoms with Crippen LogP contribution < -0.4 is 0 Å². The van der Waals surface area contributed by atoms with E-state index in [4.69, 9.17) is 14.2 Å². The molecule has 0 aliphatic carbocycles. The number of rotatable bonds is 40. The van der Waals surface area contributed by atoms with E-state index >= 15 is 0 Å². The normalized spacial score (nSPS) is 12.8. The number of hydrogen-bond donors (Lipinski definition) is 0. The highest BCUT2D eigenvalue weighted by molar-refractivity contribution is 5.72. The third-order valence-electron chi connectivity index (χ3n) is 9.44. The minimum absolute atomic E-state index is 0.117. The van der Waals surface area contributed by atoms with E-state index in [9.17, 15) is 14.4 Å². The molecular formula is C51H84O6. The Morgan fingerprint density at radius 1 is 0.404 bits per heavy atom. The van der Waals surface area contributed by atoms with Crippen molar-refractivity contribution in [2.45, 2.75) is 207 Å². The summed E-state index contributed by atoms with van der Waals surface area (Å²) in [6.07, 6.45) is 57.5. The van der Waals surface area contributed by atoms with E-state index in [1.54, 1.807) is 6.08 Å². The summed E-state index contributed by atoms with van der Waals surface area (Å²) < 4.78 is 16.5. The van der Waals surface area contributed by atoms with Gasteiger partial charge in [-0.25, -0.2) is 0 Å². The quantitative estimate of drug-likeness (QED) is 0.0202. The van der Waals surface area contributed by atoms with Gasteiger partial charge in [-0.1, -0.05) is 189 Å². The van der Waals surface area contributed by atoms with Crippen LogP contribution >= 0.6 is 0 Å². The predicted molar refractivity (Wildman–Crippen MR) is 242 cm³/mol. The Bertz CT molecular complexity index is 1140. The van der Waals surface area contributed by atoms with Gasteiger partial charge in [0.15, 0.2) is 6.10 Å². The molecule has 6 heteroatoms. The first kappa shape index (κ1) is 53.6. The highest BCUT2D eigenvalue weighted by Crippen LogP contribution is 2.13. The van der Waals surface area contributed by atoms with Crippen molar-refractivity contribution in [1.82, 2.24) is 0 Å². The molecule has 0 radical (unpaired) electrons. The molecule has 0 aliphatic heterocycles. The highest BCUT2D eigenvalue weighted by Gasteiger charge is 2.19. The van der Waals surface area contributed by atoms with Crippen LogP contribution in [-0.2, 0) is 28.6 Å². The monoisotopic (exact) mass is 793 g/mol. The summed E-state index contributed by atoms with van der Waals surface area (Å²) in [6.45, 7) is 6.29. The van der Waals surface area contributed by atoms with Crippen molar-refractivity contribution in [3.05, 3.63) is 85.1 Å². The lowest BCUT2D eigenvalue weighted by molar-refractivity contribution is -0.166. The summed E-state index contributed by atoms with van der Waals surface area (Å²) in [6, 6.07) is 0. The maximum atomic E-state index is 12.7. The molecule has 0 fully saturated rings. The second-order valence-electron chi connectivity index (χ2n) is 15.0. The zero-order valence-electron chi connectivity index (χ0n) is 36.8. The van der Waals surface area contributed by atoms with Crippen LogP contribution in [0.1, 0.15) is 201 Å². The van der Waals surface area contributed by atoms with Crippen molar-refractivity contribution >= 4 is 17.9 Å². The first-order valence-electron chi connectivity index (χ1n) is 23.1. The second-order valence-corrected chi connectivity index (χ2v) is 15.0. The average molecular weight is 793 g/mol. The van der Waals surface area contributed by atoms with Crippen molar-refractivity contribution < 1.29 is 28.6 Å². The Morgan fingerprint density at radius 3 is 1.33 bits per heavy atom. The van der Waals surface area contributed by atoms with Gasteiger partial charge in [-0.05, 0) is 77.0 Å². The van der Waals surface area contributed by atoms with Crippen molar-refractivity contribution in [1.29, 1.82) is 0 Å². The van der Waals surface area contributed by atoms with Crippen LogP contribution in [-0.4, -0.2) is 37.2 Å². The van der Waals surface area contributed by atoms with Gasteiger partial charge in [0.25, 0.3) is 0 Å². The van der Waals surface area contributed by atoms with Gasteiger partial charge in [-0.3, -0.25) is 14.4 Å². The third kappa shape index (κ3) is 43.6. The van der Waals surface area contributed by atoms with E-state index in [1.807, 2.05) is 6.08 Å². The SMILES string of the molecule is CC/C=C\C/C=C\C/C=C\CC(=O)OCC(COC(=O)CCCCCCCCCCCC/C=C\C=C/CCCCC)OC(=O)CCCCC/C=C\C=C/CCCC. The molecular weight excluding hydrogens is 709 g/mol. The van der Waals surface area contributed by atoms with Gasteiger partial charge >= 0.3 is 17.9 Å². The zero-order chi connectivity index (χ0) is 41.5. The van der Waals surface area contributed by atoms with E-state index in [-0.39, 0.29) is 38.0 Å². The van der Waals surface area contributed by atoms with Gasteiger partial charge in [-0.15, -0.1) is 0 Å². The molecule has 0 saturated heterocycles. The van der Waals surface area contributed by atoms with Crippen molar-refractivity contribution in [2.75, 3.05) is 13.2 Å². The number of hydrogen-bond acceptors (Lipinski definition) is 6. The average Bonchev–Trinajstić information content (AvgIpc) is 3.21. The van der Waals surface area contributed by atoms with Gasteiger partial charge in [0.2, 0.25) is 0 Å². The molecule has 1 atom stereocenters. The fraction of sp³-hybridized carbons (Fsp3) is 0.667. The Kier molecular flexibility index (Phi) is 42.6. The molecule has 0 heterocycles. The largest absolute Gasteiger partial charge is 0.462 e. The first-order valence-corrected chi connectivity index (χ1v) is 23.1. The van der Waals surface area contributed by atoms with Gasteiger partial charge in [0.1, 0.15) is 13.2 Å². The minimum atomic E-state index is -0.824. The van der Waals surface area contributed by atoms with Crippen LogP contribution in [0.4, 0.5) is 0 Å². The molecule has 0 aromatic carbocycles. The molecule has 1 unspecified atom stereocenters. The molecule has 0 saturated carbocycles. The number of esters is 3. The fourth-order valence-corrected chi connectivity index (χ4v) is 5.94. The first-order chi connectivity index (χ1) is 28.0. The lowest BCUT2D eigenvalue weighted by Gasteiger charge is -2.18. The minimum Gasteiger partial charge on any atom is -0.462 e. The molecule has 0 aliphatic rings. The molecule has 0 aromatic heterocycles. The van der Waals surface area contributed by atoms with Crippen LogP contribution in [0, 0.1) is 0 Å². The fourth-order valence-electron chi connectivity index (χ4n) is 5.94. The Hall–Kier alpha value is -3.41. The van der Waals surface area contributed by atoms with Crippen LogP contribution in [0.2, 0.25) is 0 Å². The molecule has 0 aromatic rings. The Morgan fingerprint density at radius 2 is 0.807 bits per heavy atom. The predicted octanol–water partition coefficient (Wildman–Crippen LogP) is 14.9. The van der Waals surface area contributed by atoms with Crippen LogP contribution in [0.3, 0.4) is 0 Å². The summed E-state index contributed by atoms with van der Waals surface area (Å²) in [5.74, 6) is -1.09. The third-order valence-corrected chi connectivity index (χ3v) is 9.44. The van der Waals surface area contributed by atoms with E-state index in [1.165, 1.54) is 89.9 Å². The summed E-state index contributed by atoms with van der Waals surface area (Å²) in [5, 5.41) is 0. The summed E-state index contributed by atoms with van der Waals surface area (Å²) >= 11 is 0. The summed E-state index contributed by atoms with van der Waals surface area (Å²) in [7, 11) is 0. The topological polar surface area (TPSA) is 78.9 Å². The molecule has 0 N–H and O–H groups in total. The van der Waals surface area contributed by atoms with Crippen molar-refractivity contribution in [3.63, 3.8) is 0 Å². The van der Waals surface area contributed by atoms with E-state index in [0.717, 1.165) is 70.6 Å². The van der Waals surface area contributed by atoms with E-state index < -0.39 is 12.1 Å². The maximum absolute atomic E-state index is 12.7. The van der Waals surface area contributed by atoms with E-state index in [2.05, 4.69) is 93.7 Å². The summed E-state index contributed by atoms with van der Waals surface area (Å²) in [5.41, 5.74) is 0.